The van der Waals surface area contributed by atoms with Gasteiger partial charge in [0, 0.05) is 18.3 Å². The minimum absolute atomic E-state index is 0.00444. The van der Waals surface area contributed by atoms with Crippen LogP contribution in [-0.2, 0) is 6.54 Å². The van der Waals surface area contributed by atoms with Crippen molar-refractivity contribution in [3.8, 4) is 11.5 Å². The van der Waals surface area contributed by atoms with E-state index in [1.165, 1.54) is 0 Å². The molecule has 1 atom stereocenters. The second-order valence-corrected chi connectivity index (χ2v) is 6.02. The van der Waals surface area contributed by atoms with Crippen LogP contribution in [0.5, 0.6) is 11.5 Å². The number of methoxy groups -OCH3 is 2. The zero-order chi connectivity index (χ0) is 18.9. The van der Waals surface area contributed by atoms with E-state index < -0.39 is 0 Å². The molecule has 7 heteroatoms. The van der Waals surface area contributed by atoms with Crippen molar-refractivity contribution in [1.82, 2.24) is 20.4 Å². The lowest BCUT2D eigenvalue weighted by Crippen LogP contribution is -2.39. The van der Waals surface area contributed by atoms with Crippen LogP contribution in [0, 0.1) is 6.92 Å². The third-order valence-corrected chi connectivity index (χ3v) is 3.96. The van der Waals surface area contributed by atoms with E-state index in [0.29, 0.717) is 6.54 Å². The van der Waals surface area contributed by atoms with Gasteiger partial charge < -0.3 is 20.1 Å². The Morgan fingerprint density at radius 3 is 2.73 bits per heavy atom. The molecule has 0 saturated carbocycles. The lowest BCUT2D eigenvalue weighted by molar-refractivity contribution is 0.394. The molecule has 7 nitrogen and oxygen atoms in total. The lowest BCUT2D eigenvalue weighted by Gasteiger charge is -2.20. The van der Waals surface area contributed by atoms with Gasteiger partial charge in [-0.05, 0) is 44.5 Å². The molecule has 2 N–H and O–H groups in total. The first-order valence-electron chi connectivity index (χ1n) is 8.83. The van der Waals surface area contributed by atoms with E-state index in [1.807, 2.05) is 49.1 Å². The van der Waals surface area contributed by atoms with E-state index in [1.54, 1.807) is 14.2 Å². The molecule has 0 aliphatic heterocycles. The van der Waals surface area contributed by atoms with Crippen LogP contribution in [0.15, 0.2) is 35.6 Å². The van der Waals surface area contributed by atoms with Gasteiger partial charge in [-0.2, -0.15) is 5.10 Å². The summed E-state index contributed by atoms with van der Waals surface area (Å²) >= 11 is 0. The number of aromatic nitrogens is 2. The first kappa shape index (κ1) is 19.6. The molecular weight excluding hydrogens is 330 g/mol. The van der Waals surface area contributed by atoms with Gasteiger partial charge in [0.25, 0.3) is 0 Å². The van der Waals surface area contributed by atoms with Gasteiger partial charge in [-0.3, -0.25) is 9.67 Å². The fourth-order valence-corrected chi connectivity index (χ4v) is 2.63. The minimum Gasteiger partial charge on any atom is -0.497 e. The average molecular weight is 359 g/mol. The molecule has 0 spiro atoms. The van der Waals surface area contributed by atoms with Crippen molar-refractivity contribution >= 4 is 5.96 Å². The number of nitrogens with zero attached hydrogens (tertiary/aromatic N) is 3. The molecule has 0 radical (unpaired) electrons. The van der Waals surface area contributed by atoms with Crippen LogP contribution < -0.4 is 20.1 Å². The average Bonchev–Trinajstić information content (AvgIpc) is 3.06. The molecule has 0 bridgehead atoms. The fourth-order valence-electron chi connectivity index (χ4n) is 2.63. The third-order valence-electron chi connectivity index (χ3n) is 3.96. The summed E-state index contributed by atoms with van der Waals surface area (Å²) in [5.74, 6) is 2.37. The van der Waals surface area contributed by atoms with Crippen LogP contribution in [0.4, 0.5) is 0 Å². The second kappa shape index (κ2) is 9.70. The monoisotopic (exact) mass is 359 g/mol. The first-order chi connectivity index (χ1) is 12.6. The quantitative estimate of drug-likeness (QED) is 0.560. The standard InChI is InChI=1S/C19H29N5O2/c1-6-20-19(21-9-10-24-13-14(2)12-22-24)23-15(3)17-11-16(25-4)7-8-18(17)26-5/h7-8,11-13,15H,6,9-10H2,1-5H3,(H2,20,21,23). The summed E-state index contributed by atoms with van der Waals surface area (Å²) in [5.41, 5.74) is 2.16. The topological polar surface area (TPSA) is 72.7 Å². The van der Waals surface area contributed by atoms with Crippen molar-refractivity contribution in [1.29, 1.82) is 0 Å². The van der Waals surface area contributed by atoms with Crippen molar-refractivity contribution in [3.63, 3.8) is 0 Å². The highest BCUT2D eigenvalue weighted by Crippen LogP contribution is 2.29. The number of aryl methyl sites for hydroxylation is 1. The molecule has 1 aromatic heterocycles. The molecule has 2 rings (SSSR count). The van der Waals surface area contributed by atoms with Crippen molar-refractivity contribution in [3.05, 3.63) is 41.7 Å². The van der Waals surface area contributed by atoms with Crippen molar-refractivity contribution < 1.29 is 9.47 Å². The maximum Gasteiger partial charge on any atom is 0.191 e. The normalized spacial score (nSPS) is 12.6. The smallest absolute Gasteiger partial charge is 0.191 e. The van der Waals surface area contributed by atoms with E-state index in [4.69, 9.17) is 9.47 Å². The molecule has 0 aliphatic rings. The lowest BCUT2D eigenvalue weighted by atomic mass is 10.1. The molecule has 0 saturated heterocycles. The Bertz CT molecular complexity index is 726. The Kier molecular flexibility index (Phi) is 7.32. The van der Waals surface area contributed by atoms with Gasteiger partial charge in [-0.15, -0.1) is 0 Å². The number of rotatable bonds is 8. The fraction of sp³-hybridized carbons (Fsp3) is 0.474. The summed E-state index contributed by atoms with van der Waals surface area (Å²) in [7, 11) is 3.33. The van der Waals surface area contributed by atoms with Crippen LogP contribution in [0.3, 0.4) is 0 Å². The van der Waals surface area contributed by atoms with Crippen molar-refractivity contribution in [2.45, 2.75) is 33.4 Å². The predicted octanol–water partition coefficient (Wildman–Crippen LogP) is 2.53. The SMILES string of the molecule is CCNC(=NCCn1cc(C)cn1)NC(C)c1cc(OC)ccc1OC. The maximum absolute atomic E-state index is 5.48. The van der Waals surface area contributed by atoms with Gasteiger partial charge in [0.2, 0.25) is 0 Å². The van der Waals surface area contributed by atoms with Crippen LogP contribution in [0.2, 0.25) is 0 Å². The summed E-state index contributed by atoms with van der Waals surface area (Å²) in [6.45, 7) is 8.31. The molecule has 2 aromatic rings. The molecule has 1 heterocycles. The highest BCUT2D eigenvalue weighted by Gasteiger charge is 2.14. The molecule has 0 amide bonds. The molecular formula is C19H29N5O2. The molecule has 0 aliphatic carbocycles. The summed E-state index contributed by atoms with van der Waals surface area (Å²) in [4.78, 5) is 4.64. The Morgan fingerprint density at radius 2 is 2.12 bits per heavy atom. The van der Waals surface area contributed by atoms with E-state index in [2.05, 4.69) is 27.6 Å². The van der Waals surface area contributed by atoms with Gasteiger partial charge >= 0.3 is 0 Å². The van der Waals surface area contributed by atoms with E-state index in [0.717, 1.165) is 41.7 Å². The number of ether oxygens (including phenoxy) is 2. The predicted molar refractivity (Wildman–Crippen MR) is 104 cm³/mol. The Balaban J connectivity index is 2.06. The number of benzene rings is 1. The number of aliphatic imine (C=N–C) groups is 1. The summed E-state index contributed by atoms with van der Waals surface area (Å²) < 4.78 is 12.7. The number of hydrogen-bond donors (Lipinski definition) is 2. The summed E-state index contributed by atoms with van der Waals surface area (Å²) in [6, 6.07) is 5.79. The van der Waals surface area contributed by atoms with Gasteiger partial charge in [-0.1, -0.05) is 0 Å². The van der Waals surface area contributed by atoms with Crippen LogP contribution in [-0.4, -0.2) is 43.0 Å². The van der Waals surface area contributed by atoms with Gasteiger partial charge in [0.15, 0.2) is 5.96 Å². The summed E-state index contributed by atoms with van der Waals surface area (Å²) in [5, 5.41) is 11.0. The second-order valence-electron chi connectivity index (χ2n) is 6.02. The zero-order valence-corrected chi connectivity index (χ0v) is 16.2. The van der Waals surface area contributed by atoms with Crippen LogP contribution in [0.1, 0.15) is 31.0 Å². The van der Waals surface area contributed by atoms with Crippen LogP contribution in [0.25, 0.3) is 0 Å². The maximum atomic E-state index is 5.48. The van der Waals surface area contributed by atoms with Gasteiger partial charge in [0.05, 0.1) is 39.5 Å². The molecule has 0 fully saturated rings. The first-order valence-corrected chi connectivity index (χ1v) is 8.83. The Hall–Kier alpha value is -2.70. The number of hydrogen-bond acceptors (Lipinski definition) is 4. The van der Waals surface area contributed by atoms with Crippen molar-refractivity contribution in [2.24, 2.45) is 4.99 Å². The largest absolute Gasteiger partial charge is 0.497 e. The molecule has 1 unspecified atom stereocenters. The zero-order valence-electron chi connectivity index (χ0n) is 16.2. The minimum atomic E-state index is 0.00444. The highest BCUT2D eigenvalue weighted by molar-refractivity contribution is 5.80. The van der Waals surface area contributed by atoms with Crippen LogP contribution >= 0.6 is 0 Å². The van der Waals surface area contributed by atoms with Gasteiger partial charge in [0.1, 0.15) is 11.5 Å². The van der Waals surface area contributed by atoms with E-state index in [-0.39, 0.29) is 6.04 Å². The van der Waals surface area contributed by atoms with E-state index >= 15 is 0 Å². The number of guanidine groups is 1. The molecule has 1 aromatic carbocycles. The molecule has 142 valence electrons. The Labute approximate surface area is 155 Å². The Morgan fingerprint density at radius 1 is 1.31 bits per heavy atom. The van der Waals surface area contributed by atoms with Crippen molar-refractivity contribution in [2.75, 3.05) is 27.3 Å². The third kappa shape index (κ3) is 5.40. The number of nitrogens with one attached hydrogen (secondary N) is 2. The van der Waals surface area contributed by atoms with E-state index in [9.17, 15) is 0 Å². The summed E-state index contributed by atoms with van der Waals surface area (Å²) in [6.07, 6.45) is 3.86. The van der Waals surface area contributed by atoms with Gasteiger partial charge in [-0.25, -0.2) is 0 Å². The molecule has 26 heavy (non-hydrogen) atoms. The highest BCUT2D eigenvalue weighted by atomic mass is 16.5.